The van der Waals surface area contributed by atoms with Gasteiger partial charge in [0.15, 0.2) is 0 Å². The van der Waals surface area contributed by atoms with E-state index >= 15 is 0 Å². The molecule has 23 heavy (non-hydrogen) atoms. The van der Waals surface area contributed by atoms with Crippen LogP contribution in [0.2, 0.25) is 0 Å². The van der Waals surface area contributed by atoms with Gasteiger partial charge in [-0.15, -0.1) is 11.8 Å². The predicted molar refractivity (Wildman–Crippen MR) is 94.5 cm³/mol. The minimum atomic E-state index is -0.145. The number of carbonyl (C=O) groups is 2. The number of amides is 2. The quantitative estimate of drug-likeness (QED) is 0.811. The zero-order chi connectivity index (χ0) is 16.8. The van der Waals surface area contributed by atoms with E-state index in [4.69, 9.17) is 5.73 Å². The fraction of sp³-hybridized carbons (Fsp3) is 0.529. The molecular formula is C17H25N3O2S. The van der Waals surface area contributed by atoms with Crippen molar-refractivity contribution in [1.29, 1.82) is 0 Å². The first kappa shape index (κ1) is 17.8. The molecule has 6 heteroatoms. The molecule has 2 amide bonds. The Kier molecular flexibility index (Phi) is 6.47. The number of likely N-dealkylation sites (tertiary alicyclic amines) is 1. The molecule has 2 rings (SSSR count). The Morgan fingerprint density at radius 2 is 2.04 bits per heavy atom. The lowest BCUT2D eigenvalue weighted by Gasteiger charge is -2.36. The van der Waals surface area contributed by atoms with Gasteiger partial charge in [0.05, 0.1) is 5.25 Å². The molecule has 0 aromatic heterocycles. The summed E-state index contributed by atoms with van der Waals surface area (Å²) in [6.07, 6.45) is 3.22. The number of nitrogens with two attached hydrogens (primary N) is 1. The molecule has 1 fully saturated rings. The lowest BCUT2D eigenvalue weighted by Crippen LogP contribution is -2.49. The van der Waals surface area contributed by atoms with Crippen molar-refractivity contribution < 1.29 is 9.59 Å². The molecule has 0 bridgehead atoms. The summed E-state index contributed by atoms with van der Waals surface area (Å²) in [6, 6.07) is 7.74. The van der Waals surface area contributed by atoms with E-state index in [-0.39, 0.29) is 23.1 Å². The van der Waals surface area contributed by atoms with E-state index in [0.29, 0.717) is 6.54 Å². The third kappa shape index (κ3) is 4.97. The van der Waals surface area contributed by atoms with Crippen LogP contribution >= 0.6 is 11.8 Å². The van der Waals surface area contributed by atoms with Crippen LogP contribution in [0.5, 0.6) is 0 Å². The maximum atomic E-state index is 12.7. The third-order valence-electron chi connectivity index (χ3n) is 4.02. The summed E-state index contributed by atoms with van der Waals surface area (Å²) in [5.41, 5.74) is 6.57. The van der Waals surface area contributed by atoms with Crippen molar-refractivity contribution in [1.82, 2.24) is 4.90 Å². The zero-order valence-electron chi connectivity index (χ0n) is 13.7. The summed E-state index contributed by atoms with van der Waals surface area (Å²) in [6.45, 7) is 4.77. The smallest absolute Gasteiger partial charge is 0.236 e. The van der Waals surface area contributed by atoms with Gasteiger partial charge in [0.1, 0.15) is 0 Å². The Balaban J connectivity index is 1.96. The second-order valence-corrected chi connectivity index (χ2v) is 7.30. The van der Waals surface area contributed by atoms with Gasteiger partial charge >= 0.3 is 0 Å². The summed E-state index contributed by atoms with van der Waals surface area (Å²) < 4.78 is 0. The van der Waals surface area contributed by atoms with E-state index in [9.17, 15) is 9.59 Å². The Labute approximate surface area is 142 Å². The van der Waals surface area contributed by atoms with Crippen molar-refractivity contribution in [3.8, 4) is 0 Å². The molecule has 1 heterocycles. The molecule has 1 aromatic rings. The molecule has 1 aromatic carbocycles. The van der Waals surface area contributed by atoms with Crippen molar-refractivity contribution in [2.75, 3.05) is 18.4 Å². The zero-order valence-corrected chi connectivity index (χ0v) is 14.6. The SMILES string of the molecule is CC(=O)Nc1ccc(SC(C)C(=O)N2CCCCC2CN)cc1. The minimum absolute atomic E-state index is 0.0909. The van der Waals surface area contributed by atoms with Crippen LogP contribution in [0, 0.1) is 0 Å². The van der Waals surface area contributed by atoms with Crippen LogP contribution < -0.4 is 11.1 Å². The second-order valence-electron chi connectivity index (χ2n) is 5.88. The maximum Gasteiger partial charge on any atom is 0.236 e. The van der Waals surface area contributed by atoms with Crippen molar-refractivity contribution in [2.45, 2.75) is 49.3 Å². The Hall–Kier alpha value is -1.53. The first-order valence-electron chi connectivity index (χ1n) is 8.06. The summed E-state index contributed by atoms with van der Waals surface area (Å²) >= 11 is 1.54. The molecule has 5 nitrogen and oxygen atoms in total. The van der Waals surface area contributed by atoms with Crippen molar-refractivity contribution in [3.63, 3.8) is 0 Å². The molecule has 0 saturated carbocycles. The van der Waals surface area contributed by atoms with E-state index < -0.39 is 0 Å². The van der Waals surface area contributed by atoms with Gasteiger partial charge in [0, 0.05) is 36.6 Å². The molecule has 0 radical (unpaired) electrons. The molecule has 2 atom stereocenters. The van der Waals surface area contributed by atoms with Gasteiger partial charge in [-0.2, -0.15) is 0 Å². The van der Waals surface area contributed by atoms with Gasteiger partial charge in [0.25, 0.3) is 0 Å². The van der Waals surface area contributed by atoms with Crippen LogP contribution in [0.3, 0.4) is 0 Å². The van der Waals surface area contributed by atoms with Crippen LogP contribution in [-0.2, 0) is 9.59 Å². The Morgan fingerprint density at radius 3 is 2.65 bits per heavy atom. The monoisotopic (exact) mass is 335 g/mol. The van der Waals surface area contributed by atoms with Gasteiger partial charge in [-0.1, -0.05) is 0 Å². The Bertz CT molecular complexity index is 547. The lowest BCUT2D eigenvalue weighted by molar-refractivity contribution is -0.133. The summed E-state index contributed by atoms with van der Waals surface area (Å²) in [5, 5.41) is 2.59. The first-order chi connectivity index (χ1) is 11.0. The van der Waals surface area contributed by atoms with E-state index in [1.54, 1.807) is 11.8 Å². The van der Waals surface area contributed by atoms with Crippen molar-refractivity contribution in [3.05, 3.63) is 24.3 Å². The molecule has 0 spiro atoms. The number of piperidine rings is 1. The van der Waals surface area contributed by atoms with E-state index in [2.05, 4.69) is 5.32 Å². The normalized spacial score (nSPS) is 19.3. The molecule has 1 saturated heterocycles. The standard InChI is InChI=1S/C17H25N3O2S/c1-12(17(22)20-10-4-3-5-15(20)11-18)23-16-8-6-14(7-9-16)19-13(2)21/h6-9,12,15H,3-5,10-11,18H2,1-2H3,(H,19,21). The molecular weight excluding hydrogens is 310 g/mol. The fourth-order valence-corrected chi connectivity index (χ4v) is 3.78. The van der Waals surface area contributed by atoms with Crippen LogP contribution in [-0.4, -0.2) is 41.1 Å². The fourth-order valence-electron chi connectivity index (χ4n) is 2.84. The second kappa shape index (κ2) is 8.36. The van der Waals surface area contributed by atoms with Gasteiger partial charge in [-0.05, 0) is 50.5 Å². The van der Waals surface area contributed by atoms with E-state index in [1.807, 2.05) is 36.1 Å². The first-order valence-corrected chi connectivity index (χ1v) is 8.94. The number of hydrogen-bond donors (Lipinski definition) is 2. The summed E-state index contributed by atoms with van der Waals surface area (Å²) in [7, 11) is 0. The van der Waals surface area contributed by atoms with E-state index in [0.717, 1.165) is 36.4 Å². The number of rotatable bonds is 5. The van der Waals surface area contributed by atoms with Crippen LogP contribution in [0.25, 0.3) is 0 Å². The largest absolute Gasteiger partial charge is 0.337 e. The highest BCUT2D eigenvalue weighted by atomic mass is 32.2. The maximum absolute atomic E-state index is 12.7. The van der Waals surface area contributed by atoms with Crippen molar-refractivity contribution >= 4 is 29.3 Å². The van der Waals surface area contributed by atoms with Crippen LogP contribution in [0.15, 0.2) is 29.2 Å². The van der Waals surface area contributed by atoms with E-state index in [1.165, 1.54) is 6.92 Å². The summed E-state index contributed by atoms with van der Waals surface area (Å²) in [4.78, 5) is 26.7. The highest BCUT2D eigenvalue weighted by Gasteiger charge is 2.29. The number of carbonyl (C=O) groups excluding carboxylic acids is 2. The molecule has 2 unspecified atom stereocenters. The highest BCUT2D eigenvalue weighted by molar-refractivity contribution is 8.00. The third-order valence-corrected chi connectivity index (χ3v) is 5.12. The number of thioether (sulfide) groups is 1. The predicted octanol–water partition coefficient (Wildman–Crippen LogP) is 2.47. The van der Waals surface area contributed by atoms with Crippen molar-refractivity contribution in [2.24, 2.45) is 5.73 Å². The number of nitrogens with one attached hydrogen (secondary N) is 1. The Morgan fingerprint density at radius 1 is 1.35 bits per heavy atom. The number of hydrogen-bond acceptors (Lipinski definition) is 4. The molecule has 1 aliphatic heterocycles. The molecule has 126 valence electrons. The van der Waals surface area contributed by atoms with Gasteiger partial charge in [-0.25, -0.2) is 0 Å². The lowest BCUT2D eigenvalue weighted by atomic mass is 10.0. The van der Waals surface area contributed by atoms with Crippen LogP contribution in [0.4, 0.5) is 5.69 Å². The minimum Gasteiger partial charge on any atom is -0.337 e. The van der Waals surface area contributed by atoms with Gasteiger partial charge in [0.2, 0.25) is 11.8 Å². The number of benzene rings is 1. The average molecular weight is 335 g/mol. The van der Waals surface area contributed by atoms with Crippen LogP contribution in [0.1, 0.15) is 33.1 Å². The summed E-state index contributed by atoms with van der Waals surface area (Å²) in [5.74, 6) is 0.0722. The highest BCUT2D eigenvalue weighted by Crippen LogP contribution is 2.27. The van der Waals surface area contributed by atoms with Gasteiger partial charge in [-0.3, -0.25) is 9.59 Å². The number of nitrogens with zero attached hydrogens (tertiary/aromatic N) is 1. The van der Waals surface area contributed by atoms with Gasteiger partial charge < -0.3 is 16.0 Å². The molecule has 3 N–H and O–H groups in total. The average Bonchev–Trinajstić information content (AvgIpc) is 2.55. The number of anilines is 1. The topological polar surface area (TPSA) is 75.4 Å². The molecule has 1 aliphatic rings. The molecule has 0 aliphatic carbocycles.